The first-order valence-corrected chi connectivity index (χ1v) is 8.95. The summed E-state index contributed by atoms with van der Waals surface area (Å²) in [6, 6.07) is 13.3. The highest BCUT2D eigenvalue weighted by Crippen LogP contribution is 2.22. The zero-order valence-electron chi connectivity index (χ0n) is 13.6. The van der Waals surface area contributed by atoms with E-state index in [4.69, 9.17) is 16.3 Å². The lowest BCUT2D eigenvalue weighted by atomic mass is 10.1. The topological polar surface area (TPSA) is 55.4 Å². The molecule has 1 heterocycles. The average Bonchev–Trinajstić information content (AvgIpc) is 3.00. The van der Waals surface area contributed by atoms with Crippen molar-refractivity contribution in [1.82, 2.24) is 5.32 Å². The molecule has 0 aliphatic rings. The van der Waals surface area contributed by atoms with Gasteiger partial charge in [-0.15, -0.1) is 11.3 Å². The number of aryl methyl sites for hydroxylation is 1. The number of halogens is 1. The lowest BCUT2D eigenvalue weighted by Gasteiger charge is -2.17. The van der Waals surface area contributed by atoms with Crippen LogP contribution >= 0.6 is 22.9 Å². The van der Waals surface area contributed by atoms with E-state index in [9.17, 15) is 9.59 Å². The zero-order chi connectivity index (χ0) is 17.5. The fraction of sp³-hybridized carbons (Fsp3) is 0.333. The molecule has 0 unspecified atom stereocenters. The summed E-state index contributed by atoms with van der Waals surface area (Å²) in [7, 11) is 0. The molecule has 1 amide bonds. The molecular formula is C18H20ClNO3S. The van der Waals surface area contributed by atoms with Crippen LogP contribution in [0.3, 0.4) is 0 Å². The molecule has 1 N–H and O–H groups in total. The van der Waals surface area contributed by atoms with E-state index in [1.807, 2.05) is 25.1 Å². The molecule has 0 saturated heterocycles. The predicted molar refractivity (Wildman–Crippen MR) is 96.6 cm³/mol. The molecular weight excluding hydrogens is 346 g/mol. The van der Waals surface area contributed by atoms with Crippen molar-refractivity contribution in [2.75, 3.05) is 0 Å². The number of amides is 1. The van der Waals surface area contributed by atoms with Gasteiger partial charge in [0.1, 0.15) is 4.88 Å². The third-order valence-corrected chi connectivity index (χ3v) is 4.74. The summed E-state index contributed by atoms with van der Waals surface area (Å²) in [5.74, 6) is -0.835. The Kier molecular flexibility index (Phi) is 6.82. The number of thiophene rings is 1. The summed E-state index contributed by atoms with van der Waals surface area (Å²) in [5.41, 5.74) is 1.23. The summed E-state index contributed by atoms with van der Waals surface area (Å²) < 4.78 is 5.68. The molecule has 0 saturated carbocycles. The Balaban J connectivity index is 1.77. The van der Waals surface area contributed by atoms with Crippen LogP contribution in [0.2, 0.25) is 4.34 Å². The number of nitrogens with one attached hydrogen (secondary N) is 1. The molecule has 6 heteroatoms. The Morgan fingerprint density at radius 2 is 1.88 bits per heavy atom. The molecule has 0 bridgehead atoms. The first kappa shape index (κ1) is 18.5. The van der Waals surface area contributed by atoms with Gasteiger partial charge in [0.2, 0.25) is 0 Å². The van der Waals surface area contributed by atoms with Crippen LogP contribution in [0.15, 0.2) is 42.5 Å². The monoisotopic (exact) mass is 365 g/mol. The molecule has 0 spiro atoms. The molecule has 1 aromatic heterocycles. The molecule has 2 atom stereocenters. The van der Waals surface area contributed by atoms with E-state index in [0.29, 0.717) is 9.21 Å². The molecule has 128 valence electrons. The smallest absolute Gasteiger partial charge is 0.349 e. The number of carbonyl (C=O) groups is 2. The third-order valence-electron chi connectivity index (χ3n) is 3.52. The highest BCUT2D eigenvalue weighted by atomic mass is 35.5. The highest BCUT2D eigenvalue weighted by Gasteiger charge is 2.21. The molecule has 0 aliphatic carbocycles. The van der Waals surface area contributed by atoms with Crippen molar-refractivity contribution in [2.45, 2.75) is 38.8 Å². The van der Waals surface area contributed by atoms with Crippen LogP contribution < -0.4 is 5.32 Å². The third kappa shape index (κ3) is 5.65. The molecule has 4 nitrogen and oxygen atoms in total. The molecule has 0 fully saturated rings. The van der Waals surface area contributed by atoms with E-state index >= 15 is 0 Å². The summed E-state index contributed by atoms with van der Waals surface area (Å²) in [4.78, 5) is 24.4. The second-order valence-corrected chi connectivity index (χ2v) is 7.30. The predicted octanol–water partition coefficient (Wildman–Crippen LogP) is 4.08. The van der Waals surface area contributed by atoms with Gasteiger partial charge in [-0.05, 0) is 44.4 Å². The first-order valence-electron chi connectivity index (χ1n) is 7.76. The second kappa shape index (κ2) is 8.85. The highest BCUT2D eigenvalue weighted by molar-refractivity contribution is 7.17. The number of benzene rings is 1. The van der Waals surface area contributed by atoms with Gasteiger partial charge in [0.25, 0.3) is 5.91 Å². The Hall–Kier alpha value is -1.85. The normalized spacial score (nSPS) is 13.1. The zero-order valence-corrected chi connectivity index (χ0v) is 15.2. The molecule has 0 aliphatic heterocycles. The van der Waals surface area contributed by atoms with E-state index in [-0.39, 0.29) is 11.9 Å². The number of ether oxygens (including phenoxy) is 1. The summed E-state index contributed by atoms with van der Waals surface area (Å²) in [6.07, 6.45) is 0.846. The van der Waals surface area contributed by atoms with Crippen LogP contribution in [-0.4, -0.2) is 24.0 Å². The van der Waals surface area contributed by atoms with Crippen molar-refractivity contribution < 1.29 is 14.3 Å². The van der Waals surface area contributed by atoms with Gasteiger partial charge in [0.15, 0.2) is 6.10 Å². The maximum absolute atomic E-state index is 12.1. The van der Waals surface area contributed by atoms with Crippen molar-refractivity contribution in [1.29, 1.82) is 0 Å². The second-order valence-electron chi connectivity index (χ2n) is 5.59. The molecule has 24 heavy (non-hydrogen) atoms. The van der Waals surface area contributed by atoms with Crippen molar-refractivity contribution in [3.8, 4) is 0 Å². The van der Waals surface area contributed by atoms with E-state index in [2.05, 4.69) is 17.4 Å². The van der Waals surface area contributed by atoms with Gasteiger partial charge in [0.05, 0.1) is 4.34 Å². The molecule has 2 aromatic rings. The van der Waals surface area contributed by atoms with Gasteiger partial charge < -0.3 is 10.1 Å². The van der Waals surface area contributed by atoms with E-state index in [1.54, 1.807) is 19.1 Å². The van der Waals surface area contributed by atoms with Gasteiger partial charge in [0, 0.05) is 6.04 Å². The minimum Gasteiger partial charge on any atom is -0.448 e. The summed E-state index contributed by atoms with van der Waals surface area (Å²) in [6.45, 7) is 3.50. The Morgan fingerprint density at radius 3 is 2.50 bits per heavy atom. The fourth-order valence-electron chi connectivity index (χ4n) is 2.16. The molecule has 2 rings (SSSR count). The van der Waals surface area contributed by atoms with Crippen LogP contribution in [0, 0.1) is 0 Å². The Labute approximate surface area is 150 Å². The fourth-order valence-corrected chi connectivity index (χ4v) is 3.08. The largest absolute Gasteiger partial charge is 0.448 e. The van der Waals surface area contributed by atoms with Gasteiger partial charge in [-0.3, -0.25) is 4.79 Å². The number of hydrogen-bond donors (Lipinski definition) is 1. The van der Waals surface area contributed by atoms with E-state index < -0.39 is 12.1 Å². The van der Waals surface area contributed by atoms with Crippen molar-refractivity contribution >= 4 is 34.8 Å². The number of rotatable bonds is 7. The van der Waals surface area contributed by atoms with Gasteiger partial charge >= 0.3 is 5.97 Å². The minimum absolute atomic E-state index is 0.00459. The van der Waals surface area contributed by atoms with Crippen molar-refractivity contribution in [3.05, 3.63) is 57.2 Å². The Bertz CT molecular complexity index is 687. The van der Waals surface area contributed by atoms with E-state index in [1.165, 1.54) is 5.56 Å². The SMILES string of the molecule is C[C@@H](CCc1ccccc1)NC(=O)[C@@H](C)OC(=O)c1ccc(Cl)s1. The van der Waals surface area contributed by atoms with E-state index in [0.717, 1.165) is 24.2 Å². The molecule has 1 aromatic carbocycles. The summed E-state index contributed by atoms with van der Waals surface area (Å²) >= 11 is 6.92. The van der Waals surface area contributed by atoms with Crippen LogP contribution in [0.25, 0.3) is 0 Å². The lowest BCUT2D eigenvalue weighted by Crippen LogP contribution is -2.40. The maximum Gasteiger partial charge on any atom is 0.349 e. The van der Waals surface area contributed by atoms with Crippen LogP contribution in [0.1, 0.15) is 35.5 Å². The van der Waals surface area contributed by atoms with Crippen LogP contribution in [0.5, 0.6) is 0 Å². The first-order chi connectivity index (χ1) is 11.5. The quantitative estimate of drug-likeness (QED) is 0.752. The maximum atomic E-state index is 12.1. The number of hydrogen-bond acceptors (Lipinski definition) is 4. The van der Waals surface area contributed by atoms with Gasteiger partial charge in [-0.2, -0.15) is 0 Å². The van der Waals surface area contributed by atoms with Crippen molar-refractivity contribution in [3.63, 3.8) is 0 Å². The average molecular weight is 366 g/mol. The standard InChI is InChI=1S/C18H20ClNO3S/c1-12(8-9-14-6-4-3-5-7-14)20-17(21)13(2)23-18(22)15-10-11-16(19)24-15/h3-7,10-13H,8-9H2,1-2H3,(H,20,21)/t12-,13+/m0/s1. The van der Waals surface area contributed by atoms with Gasteiger partial charge in [-0.25, -0.2) is 4.79 Å². The lowest BCUT2D eigenvalue weighted by molar-refractivity contribution is -0.129. The van der Waals surface area contributed by atoms with Crippen LogP contribution in [0.4, 0.5) is 0 Å². The summed E-state index contributed by atoms with van der Waals surface area (Å²) in [5, 5.41) is 2.87. The van der Waals surface area contributed by atoms with Crippen molar-refractivity contribution in [2.24, 2.45) is 0 Å². The van der Waals surface area contributed by atoms with Gasteiger partial charge in [-0.1, -0.05) is 41.9 Å². The molecule has 0 radical (unpaired) electrons. The number of esters is 1. The Morgan fingerprint density at radius 1 is 1.17 bits per heavy atom. The minimum atomic E-state index is -0.849. The number of carbonyl (C=O) groups excluding carboxylic acids is 2. The van der Waals surface area contributed by atoms with Crippen LogP contribution in [-0.2, 0) is 16.0 Å².